The van der Waals surface area contributed by atoms with E-state index in [9.17, 15) is 4.79 Å². The van der Waals surface area contributed by atoms with Gasteiger partial charge in [0.2, 0.25) is 0 Å². The van der Waals surface area contributed by atoms with Crippen LogP contribution in [0.3, 0.4) is 0 Å². The molecule has 0 atom stereocenters. The van der Waals surface area contributed by atoms with Crippen LogP contribution in [0.4, 0.5) is 11.5 Å². The first kappa shape index (κ1) is 20.2. The highest BCUT2D eigenvalue weighted by Crippen LogP contribution is 2.33. The van der Waals surface area contributed by atoms with Gasteiger partial charge in [-0.2, -0.15) is 5.10 Å². The molecule has 7 nitrogen and oxygen atoms in total. The van der Waals surface area contributed by atoms with Crippen molar-refractivity contribution in [2.75, 3.05) is 18.4 Å². The lowest BCUT2D eigenvalue weighted by atomic mass is 9.90. The van der Waals surface area contributed by atoms with Crippen molar-refractivity contribution in [2.45, 2.75) is 18.8 Å². The van der Waals surface area contributed by atoms with Gasteiger partial charge in [-0.25, -0.2) is 4.98 Å². The van der Waals surface area contributed by atoms with E-state index in [-0.39, 0.29) is 5.56 Å². The Morgan fingerprint density at radius 2 is 1.97 bits per heavy atom. The average Bonchev–Trinajstić information content (AvgIpc) is 3.26. The molecule has 4 heterocycles. The molecule has 0 radical (unpaired) electrons. The third-order valence-corrected chi connectivity index (χ3v) is 6.13. The van der Waals surface area contributed by atoms with Gasteiger partial charge in [0, 0.05) is 41.6 Å². The summed E-state index contributed by atoms with van der Waals surface area (Å²) in [5.74, 6) is 1.11. The smallest absolute Gasteiger partial charge is 0.259 e. The number of rotatable bonds is 5. The number of benzene rings is 1. The van der Waals surface area contributed by atoms with Gasteiger partial charge in [0.05, 0.1) is 17.3 Å². The summed E-state index contributed by atoms with van der Waals surface area (Å²) in [7, 11) is 1.87. The standard InChI is InChI=1S/C25H26N6O/c1-3-20-21-10-13-27-25(32)22(21)24(30-23(20)18-14-28-31(2)15-18)29-19-6-4-16(5-7-19)17-8-11-26-12-9-17/h3-7,10,13-15,17,26H,1,8-9,11-12H2,2H3,(H,27,32)(H,29,30). The molecule has 3 N–H and O–H groups in total. The fraction of sp³-hybridized carbons (Fsp3) is 0.240. The summed E-state index contributed by atoms with van der Waals surface area (Å²) < 4.78 is 1.73. The van der Waals surface area contributed by atoms with Gasteiger partial charge in [-0.3, -0.25) is 9.48 Å². The average molecular weight is 427 g/mol. The molecule has 0 spiro atoms. The van der Waals surface area contributed by atoms with Gasteiger partial charge in [0.25, 0.3) is 5.56 Å². The summed E-state index contributed by atoms with van der Waals surface area (Å²) in [5.41, 5.74) is 4.47. The topological polar surface area (TPSA) is 87.6 Å². The molecule has 3 aromatic heterocycles. The summed E-state index contributed by atoms with van der Waals surface area (Å²) in [6, 6.07) is 10.4. The quantitative estimate of drug-likeness (QED) is 0.446. The van der Waals surface area contributed by atoms with E-state index in [0.29, 0.717) is 17.1 Å². The largest absolute Gasteiger partial charge is 0.340 e. The van der Waals surface area contributed by atoms with Gasteiger partial charge in [-0.1, -0.05) is 24.8 Å². The Morgan fingerprint density at radius 3 is 2.66 bits per heavy atom. The van der Waals surface area contributed by atoms with E-state index in [2.05, 4.69) is 51.6 Å². The molecule has 1 aromatic carbocycles. The number of pyridine rings is 2. The van der Waals surface area contributed by atoms with Crippen molar-refractivity contribution < 1.29 is 0 Å². The second-order valence-corrected chi connectivity index (χ2v) is 8.20. The van der Waals surface area contributed by atoms with Crippen LogP contribution in [-0.2, 0) is 7.05 Å². The Labute approximate surface area is 186 Å². The Morgan fingerprint density at radius 1 is 1.19 bits per heavy atom. The molecular weight excluding hydrogens is 400 g/mol. The number of H-pyrrole nitrogens is 1. The van der Waals surface area contributed by atoms with Crippen LogP contribution in [0.25, 0.3) is 28.1 Å². The van der Waals surface area contributed by atoms with Crippen molar-refractivity contribution in [3.63, 3.8) is 0 Å². The number of aromatic amines is 1. The fourth-order valence-corrected chi connectivity index (χ4v) is 4.48. The Kier molecular flexibility index (Phi) is 5.33. The molecule has 0 amide bonds. The first-order valence-electron chi connectivity index (χ1n) is 10.9. The van der Waals surface area contributed by atoms with Crippen LogP contribution in [-0.4, -0.2) is 32.8 Å². The maximum absolute atomic E-state index is 12.8. The van der Waals surface area contributed by atoms with E-state index < -0.39 is 0 Å². The number of nitrogens with one attached hydrogen (secondary N) is 3. The predicted octanol–water partition coefficient (Wildman–Crippen LogP) is 4.18. The normalized spacial score (nSPS) is 14.5. The zero-order valence-corrected chi connectivity index (χ0v) is 18.1. The maximum Gasteiger partial charge on any atom is 0.259 e. The van der Waals surface area contributed by atoms with Crippen molar-refractivity contribution in [3.8, 4) is 11.3 Å². The second kappa shape index (κ2) is 8.43. The maximum atomic E-state index is 12.8. The molecule has 7 heteroatoms. The molecular formula is C25H26N6O. The monoisotopic (exact) mass is 426 g/mol. The first-order valence-corrected chi connectivity index (χ1v) is 10.9. The molecule has 0 unspecified atom stereocenters. The lowest BCUT2D eigenvalue weighted by Gasteiger charge is -2.23. The zero-order valence-electron chi connectivity index (χ0n) is 18.1. The highest BCUT2D eigenvalue weighted by Gasteiger charge is 2.18. The minimum atomic E-state index is -0.190. The molecule has 162 valence electrons. The lowest BCUT2D eigenvalue weighted by Crippen LogP contribution is -2.26. The molecule has 1 fully saturated rings. The SMILES string of the molecule is C=Cc1c(-c2cnn(C)c2)nc(Nc2ccc(C3CCNCC3)cc2)c2c(=O)[nH]ccc12. The van der Waals surface area contributed by atoms with Crippen LogP contribution in [0.1, 0.15) is 29.9 Å². The number of anilines is 2. The van der Waals surface area contributed by atoms with Gasteiger partial charge in [0.1, 0.15) is 5.82 Å². The molecule has 1 saturated heterocycles. The number of hydrogen-bond donors (Lipinski definition) is 3. The lowest BCUT2D eigenvalue weighted by molar-refractivity contribution is 0.460. The van der Waals surface area contributed by atoms with Crippen LogP contribution in [0.15, 0.2) is 60.3 Å². The van der Waals surface area contributed by atoms with Gasteiger partial charge < -0.3 is 15.6 Å². The van der Waals surface area contributed by atoms with Crippen molar-refractivity contribution in [1.82, 2.24) is 25.1 Å². The van der Waals surface area contributed by atoms with Crippen LogP contribution in [0.5, 0.6) is 0 Å². The van der Waals surface area contributed by atoms with Crippen molar-refractivity contribution in [3.05, 3.63) is 77.0 Å². The molecule has 1 aliphatic heterocycles. The highest BCUT2D eigenvalue weighted by atomic mass is 16.1. The van der Waals surface area contributed by atoms with Gasteiger partial charge in [-0.05, 0) is 55.6 Å². The number of nitrogens with zero attached hydrogens (tertiary/aromatic N) is 3. The van der Waals surface area contributed by atoms with E-state index in [1.165, 1.54) is 5.56 Å². The summed E-state index contributed by atoms with van der Waals surface area (Å²) >= 11 is 0. The van der Waals surface area contributed by atoms with Gasteiger partial charge >= 0.3 is 0 Å². The van der Waals surface area contributed by atoms with Crippen LogP contribution in [0.2, 0.25) is 0 Å². The van der Waals surface area contributed by atoms with Crippen LogP contribution >= 0.6 is 0 Å². The summed E-state index contributed by atoms with van der Waals surface area (Å²) in [6.07, 6.45) is 9.40. The molecule has 32 heavy (non-hydrogen) atoms. The van der Waals surface area contributed by atoms with E-state index >= 15 is 0 Å². The third kappa shape index (κ3) is 3.71. The van der Waals surface area contributed by atoms with Crippen molar-refractivity contribution in [2.24, 2.45) is 7.05 Å². The number of aromatic nitrogens is 4. The van der Waals surface area contributed by atoms with Gasteiger partial charge in [-0.15, -0.1) is 0 Å². The van der Waals surface area contributed by atoms with Crippen molar-refractivity contribution in [1.29, 1.82) is 0 Å². The third-order valence-electron chi connectivity index (χ3n) is 6.13. The fourth-order valence-electron chi connectivity index (χ4n) is 4.48. The van der Waals surface area contributed by atoms with Crippen LogP contribution in [0, 0.1) is 0 Å². The minimum Gasteiger partial charge on any atom is -0.340 e. The highest BCUT2D eigenvalue weighted by molar-refractivity contribution is 6.01. The Balaban J connectivity index is 1.58. The number of hydrogen-bond acceptors (Lipinski definition) is 5. The van der Waals surface area contributed by atoms with Gasteiger partial charge in [0.15, 0.2) is 0 Å². The molecule has 0 aliphatic carbocycles. The number of piperidine rings is 1. The minimum absolute atomic E-state index is 0.190. The summed E-state index contributed by atoms with van der Waals surface area (Å²) in [4.78, 5) is 20.4. The van der Waals surface area contributed by atoms with Crippen LogP contribution < -0.4 is 16.2 Å². The Hall–Kier alpha value is -3.71. The Bertz CT molecular complexity index is 1330. The zero-order chi connectivity index (χ0) is 22.1. The van der Waals surface area contributed by atoms with E-state index in [0.717, 1.165) is 53.8 Å². The predicted molar refractivity (Wildman–Crippen MR) is 129 cm³/mol. The summed E-state index contributed by atoms with van der Waals surface area (Å²) in [5, 5.41) is 12.4. The second-order valence-electron chi connectivity index (χ2n) is 8.20. The van der Waals surface area contributed by atoms with E-state index in [4.69, 9.17) is 4.98 Å². The summed E-state index contributed by atoms with van der Waals surface area (Å²) in [6.45, 7) is 6.10. The van der Waals surface area contributed by atoms with E-state index in [1.54, 1.807) is 23.2 Å². The number of aryl methyl sites for hydroxylation is 1. The molecule has 1 aliphatic rings. The van der Waals surface area contributed by atoms with Crippen molar-refractivity contribution >= 4 is 28.4 Å². The van der Waals surface area contributed by atoms with E-state index in [1.807, 2.05) is 19.3 Å². The first-order chi connectivity index (χ1) is 15.6. The number of fused-ring (bicyclic) bond motifs is 1. The molecule has 0 saturated carbocycles. The molecule has 5 rings (SSSR count). The molecule has 4 aromatic rings. The molecule has 0 bridgehead atoms.